The summed E-state index contributed by atoms with van der Waals surface area (Å²) in [5.41, 5.74) is 0. The van der Waals surface area contributed by atoms with E-state index in [2.05, 4.69) is 6.92 Å². The van der Waals surface area contributed by atoms with Gasteiger partial charge in [-0.1, -0.05) is 77.6 Å². The van der Waals surface area contributed by atoms with E-state index < -0.39 is 5.97 Å². The molecule has 0 spiro atoms. The molecule has 3 nitrogen and oxygen atoms in total. The number of hydrogen-bond acceptors (Lipinski definition) is 2. The fourth-order valence-electron chi connectivity index (χ4n) is 2.67. The van der Waals surface area contributed by atoms with Crippen molar-refractivity contribution in [3.8, 4) is 0 Å². The van der Waals surface area contributed by atoms with Gasteiger partial charge in [-0.25, -0.2) is 0 Å². The molecule has 127 valence electrons. The van der Waals surface area contributed by atoms with Crippen LogP contribution in [0.2, 0.25) is 0 Å². The molecular formula is C18H36LiO3. The molecule has 22 heavy (non-hydrogen) atoms. The summed E-state index contributed by atoms with van der Waals surface area (Å²) < 4.78 is 0. The molecule has 0 aromatic carbocycles. The van der Waals surface area contributed by atoms with Gasteiger partial charge in [0, 0.05) is 25.3 Å². The molecule has 0 aliphatic carbocycles. The van der Waals surface area contributed by atoms with Gasteiger partial charge in [-0.3, -0.25) is 4.79 Å². The summed E-state index contributed by atoms with van der Waals surface area (Å²) in [6.07, 6.45) is 16.2. The summed E-state index contributed by atoms with van der Waals surface area (Å²) in [6.45, 7) is 2.23. The second kappa shape index (κ2) is 19.1. The molecule has 0 saturated carbocycles. The van der Waals surface area contributed by atoms with Crippen molar-refractivity contribution in [2.24, 2.45) is 0 Å². The zero-order chi connectivity index (χ0) is 15.8. The van der Waals surface area contributed by atoms with E-state index in [0.29, 0.717) is 6.42 Å². The molecule has 0 aromatic rings. The van der Waals surface area contributed by atoms with Crippen LogP contribution < -0.4 is 0 Å². The number of carbonyl (C=O) groups is 1. The molecule has 4 heteroatoms. The third-order valence-corrected chi connectivity index (χ3v) is 4.07. The molecule has 0 rings (SSSR count). The van der Waals surface area contributed by atoms with Gasteiger partial charge in [0.15, 0.2) is 0 Å². The molecule has 0 amide bonds. The Morgan fingerprint density at radius 2 is 1.18 bits per heavy atom. The van der Waals surface area contributed by atoms with Gasteiger partial charge in [0.2, 0.25) is 0 Å². The molecule has 1 unspecified atom stereocenters. The first-order valence-electron chi connectivity index (χ1n) is 9.06. The second-order valence-electron chi connectivity index (χ2n) is 6.26. The van der Waals surface area contributed by atoms with Gasteiger partial charge in [0.05, 0.1) is 6.10 Å². The molecule has 0 fully saturated rings. The quantitative estimate of drug-likeness (QED) is 0.314. The SMILES string of the molecule is CCCCCCCCC(O)CCCCCCCCC(=O)O.[Li]. The van der Waals surface area contributed by atoms with Gasteiger partial charge >= 0.3 is 5.97 Å². The monoisotopic (exact) mass is 307 g/mol. The summed E-state index contributed by atoms with van der Waals surface area (Å²) >= 11 is 0. The van der Waals surface area contributed by atoms with Crippen molar-refractivity contribution in [1.82, 2.24) is 0 Å². The Kier molecular flexibility index (Phi) is 21.1. The van der Waals surface area contributed by atoms with Crippen LogP contribution in [0.4, 0.5) is 0 Å². The van der Waals surface area contributed by atoms with Crippen LogP contribution in [-0.4, -0.2) is 41.1 Å². The number of carboxylic acid groups (broad SMARTS) is 1. The molecule has 1 atom stereocenters. The van der Waals surface area contributed by atoms with Crippen molar-refractivity contribution in [3.05, 3.63) is 0 Å². The number of hydrogen-bond donors (Lipinski definition) is 2. The zero-order valence-corrected chi connectivity index (χ0v) is 15.0. The van der Waals surface area contributed by atoms with Crippen molar-refractivity contribution in [1.29, 1.82) is 0 Å². The van der Waals surface area contributed by atoms with Gasteiger partial charge < -0.3 is 10.2 Å². The molecule has 0 bridgehead atoms. The maximum atomic E-state index is 10.3. The molecule has 0 aliphatic rings. The Morgan fingerprint density at radius 1 is 0.773 bits per heavy atom. The van der Waals surface area contributed by atoms with Gasteiger partial charge in [-0.05, 0) is 19.3 Å². The zero-order valence-electron chi connectivity index (χ0n) is 15.0. The van der Waals surface area contributed by atoms with Gasteiger partial charge in [-0.2, -0.15) is 0 Å². The molecule has 0 aromatic heterocycles. The molecule has 0 heterocycles. The Labute approximate surface area is 149 Å². The topological polar surface area (TPSA) is 57.5 Å². The molecule has 1 radical (unpaired) electrons. The standard InChI is InChI=1S/C18H36O3.Li/c1-2-3-4-5-8-11-14-17(19)15-12-9-6-7-10-13-16-18(20)21;/h17,19H,2-16H2,1H3,(H,20,21);. The molecule has 0 saturated heterocycles. The normalized spacial score (nSPS) is 11.9. The maximum Gasteiger partial charge on any atom is 0.303 e. The van der Waals surface area contributed by atoms with Crippen molar-refractivity contribution in [2.75, 3.05) is 0 Å². The average molecular weight is 307 g/mol. The fraction of sp³-hybridized carbons (Fsp3) is 0.944. The summed E-state index contributed by atoms with van der Waals surface area (Å²) in [5, 5.41) is 18.4. The first-order chi connectivity index (χ1) is 10.2. The third kappa shape index (κ3) is 20.0. The largest absolute Gasteiger partial charge is 0.481 e. The van der Waals surface area contributed by atoms with Gasteiger partial charge in [0.1, 0.15) is 0 Å². The summed E-state index contributed by atoms with van der Waals surface area (Å²) in [7, 11) is 0. The van der Waals surface area contributed by atoms with E-state index in [1.54, 1.807) is 0 Å². The van der Waals surface area contributed by atoms with E-state index in [-0.39, 0.29) is 25.0 Å². The first kappa shape index (κ1) is 24.3. The second-order valence-corrected chi connectivity index (χ2v) is 6.26. The van der Waals surface area contributed by atoms with E-state index >= 15 is 0 Å². The van der Waals surface area contributed by atoms with E-state index in [4.69, 9.17) is 5.11 Å². The van der Waals surface area contributed by atoms with Crippen LogP contribution in [0.3, 0.4) is 0 Å². The van der Waals surface area contributed by atoms with E-state index in [1.807, 2.05) is 0 Å². The van der Waals surface area contributed by atoms with E-state index in [0.717, 1.165) is 38.5 Å². The number of aliphatic hydroxyl groups is 1. The van der Waals surface area contributed by atoms with Crippen LogP contribution >= 0.6 is 0 Å². The smallest absolute Gasteiger partial charge is 0.303 e. The first-order valence-corrected chi connectivity index (χ1v) is 9.06. The van der Waals surface area contributed by atoms with Crippen LogP contribution in [0.15, 0.2) is 0 Å². The number of aliphatic hydroxyl groups excluding tert-OH is 1. The summed E-state index contributed by atoms with van der Waals surface area (Å²) in [5.74, 6) is -0.687. The Hall–Kier alpha value is 0.0274. The molecular weight excluding hydrogens is 271 g/mol. The van der Waals surface area contributed by atoms with Gasteiger partial charge in [-0.15, -0.1) is 0 Å². The molecule has 0 aliphatic heterocycles. The van der Waals surface area contributed by atoms with Crippen LogP contribution in [0, 0.1) is 0 Å². The fourth-order valence-corrected chi connectivity index (χ4v) is 2.67. The number of unbranched alkanes of at least 4 members (excludes halogenated alkanes) is 10. The van der Waals surface area contributed by atoms with Crippen molar-refractivity contribution in [2.45, 2.75) is 109 Å². The van der Waals surface area contributed by atoms with Crippen LogP contribution in [-0.2, 0) is 4.79 Å². The van der Waals surface area contributed by atoms with E-state index in [9.17, 15) is 9.90 Å². The predicted octanol–water partition coefficient (Wildman–Crippen LogP) is 4.92. The number of rotatable bonds is 16. The average Bonchev–Trinajstić information content (AvgIpc) is 2.45. The summed E-state index contributed by atoms with van der Waals surface area (Å²) in [6, 6.07) is 0. The van der Waals surface area contributed by atoms with Crippen molar-refractivity contribution < 1.29 is 15.0 Å². The Balaban J connectivity index is 0. The molecule has 2 N–H and O–H groups in total. The maximum absolute atomic E-state index is 10.3. The van der Waals surface area contributed by atoms with Gasteiger partial charge in [0.25, 0.3) is 0 Å². The summed E-state index contributed by atoms with van der Waals surface area (Å²) in [4.78, 5) is 10.3. The Bertz CT molecular complexity index is 234. The predicted molar refractivity (Wildman–Crippen MR) is 94.3 cm³/mol. The van der Waals surface area contributed by atoms with Crippen LogP contribution in [0.25, 0.3) is 0 Å². The number of aliphatic carboxylic acids is 1. The van der Waals surface area contributed by atoms with Crippen molar-refractivity contribution in [3.63, 3.8) is 0 Å². The van der Waals surface area contributed by atoms with E-state index in [1.165, 1.54) is 51.4 Å². The van der Waals surface area contributed by atoms with Crippen molar-refractivity contribution >= 4 is 24.8 Å². The minimum Gasteiger partial charge on any atom is -0.481 e. The number of carboxylic acids is 1. The van der Waals surface area contributed by atoms with Crippen LogP contribution in [0.5, 0.6) is 0 Å². The van der Waals surface area contributed by atoms with Crippen LogP contribution in [0.1, 0.15) is 103 Å². The Morgan fingerprint density at radius 3 is 1.64 bits per heavy atom. The minimum atomic E-state index is -0.687. The third-order valence-electron chi connectivity index (χ3n) is 4.07. The minimum absolute atomic E-state index is 0.